The molecule has 1 aliphatic heterocycles. The Morgan fingerprint density at radius 3 is 2.70 bits per heavy atom. The van der Waals surface area contributed by atoms with Crippen molar-refractivity contribution in [3.05, 3.63) is 17.5 Å². The Hall–Kier alpha value is -1.36. The molecule has 0 saturated carbocycles. The van der Waals surface area contributed by atoms with Gasteiger partial charge in [0.25, 0.3) is 5.91 Å². The van der Waals surface area contributed by atoms with Gasteiger partial charge in [0.15, 0.2) is 0 Å². The quantitative estimate of drug-likeness (QED) is 0.890. The molecule has 1 fully saturated rings. The van der Waals surface area contributed by atoms with Crippen LogP contribution < -0.4 is 5.32 Å². The Morgan fingerprint density at radius 1 is 1.40 bits per heavy atom. The number of amides is 1. The van der Waals surface area contributed by atoms with Crippen LogP contribution in [0.3, 0.4) is 0 Å². The molecule has 0 aromatic carbocycles. The predicted octanol–water partition coefficient (Wildman–Crippen LogP) is 1.59. The third-order valence-corrected chi connectivity index (χ3v) is 3.94. The fourth-order valence-electron chi connectivity index (χ4n) is 2.78. The van der Waals surface area contributed by atoms with Gasteiger partial charge in [-0.15, -0.1) is 0 Å². The van der Waals surface area contributed by atoms with E-state index in [1.54, 1.807) is 4.68 Å². The number of carbonyl (C=O) groups is 1. The molecule has 0 bridgehead atoms. The third kappa shape index (κ3) is 3.39. The summed E-state index contributed by atoms with van der Waals surface area (Å²) in [7, 11) is 1.87. The van der Waals surface area contributed by atoms with Crippen molar-refractivity contribution in [2.75, 3.05) is 19.6 Å². The monoisotopic (exact) mass is 278 g/mol. The van der Waals surface area contributed by atoms with Gasteiger partial charge in [-0.1, -0.05) is 13.8 Å². The summed E-state index contributed by atoms with van der Waals surface area (Å²) in [6, 6.07) is 0.568. The van der Waals surface area contributed by atoms with Gasteiger partial charge in [-0.2, -0.15) is 5.10 Å². The first kappa shape index (κ1) is 15.0. The summed E-state index contributed by atoms with van der Waals surface area (Å²) >= 11 is 0. The largest absolute Gasteiger partial charge is 0.338 e. The number of nitrogens with one attached hydrogen (secondary N) is 1. The maximum atomic E-state index is 12.6. The second kappa shape index (κ2) is 6.88. The number of hydrogen-bond donors (Lipinski definition) is 1. The molecule has 112 valence electrons. The molecule has 20 heavy (non-hydrogen) atoms. The number of nitrogens with zero attached hydrogens (tertiary/aromatic N) is 3. The van der Waals surface area contributed by atoms with Gasteiger partial charge in [-0.05, 0) is 32.2 Å². The van der Waals surface area contributed by atoms with Gasteiger partial charge in [0, 0.05) is 32.4 Å². The van der Waals surface area contributed by atoms with E-state index >= 15 is 0 Å². The normalized spacial score (nSPS) is 16.6. The van der Waals surface area contributed by atoms with E-state index in [0.717, 1.165) is 56.6 Å². The summed E-state index contributed by atoms with van der Waals surface area (Å²) in [5, 5.41) is 7.90. The average Bonchev–Trinajstić information content (AvgIpc) is 2.86. The fraction of sp³-hybridized carbons (Fsp3) is 0.733. The molecule has 1 aliphatic rings. The van der Waals surface area contributed by atoms with E-state index < -0.39 is 0 Å². The molecule has 2 rings (SSSR count). The Balaban J connectivity index is 1.94. The lowest BCUT2D eigenvalue weighted by Gasteiger charge is -2.32. The van der Waals surface area contributed by atoms with E-state index in [1.165, 1.54) is 0 Å². The van der Waals surface area contributed by atoms with Crippen molar-refractivity contribution in [2.24, 2.45) is 7.05 Å². The highest BCUT2D eigenvalue weighted by Gasteiger charge is 2.25. The number of likely N-dealkylation sites (tertiary alicyclic amines) is 1. The molecular formula is C15H26N4O. The molecule has 0 atom stereocenters. The van der Waals surface area contributed by atoms with Crippen LogP contribution >= 0.6 is 0 Å². The summed E-state index contributed by atoms with van der Waals surface area (Å²) in [6.07, 6.45) is 5.91. The van der Waals surface area contributed by atoms with E-state index in [2.05, 4.69) is 17.3 Å². The molecule has 1 N–H and O–H groups in total. The molecule has 1 aromatic rings. The Bertz CT molecular complexity index is 447. The number of piperidine rings is 1. The van der Waals surface area contributed by atoms with E-state index in [1.807, 2.05) is 25.1 Å². The predicted molar refractivity (Wildman–Crippen MR) is 79.8 cm³/mol. The van der Waals surface area contributed by atoms with E-state index in [4.69, 9.17) is 0 Å². The number of carbonyl (C=O) groups excluding carboxylic acids is 1. The van der Waals surface area contributed by atoms with Crippen LogP contribution in [0.5, 0.6) is 0 Å². The summed E-state index contributed by atoms with van der Waals surface area (Å²) < 4.78 is 1.74. The van der Waals surface area contributed by atoms with Crippen LogP contribution in [0.15, 0.2) is 6.20 Å². The minimum Gasteiger partial charge on any atom is -0.338 e. The number of aryl methyl sites for hydroxylation is 2. The molecule has 5 heteroatoms. The minimum atomic E-state index is 0.142. The van der Waals surface area contributed by atoms with Crippen molar-refractivity contribution >= 4 is 5.91 Å². The Kier molecular flexibility index (Phi) is 5.17. The van der Waals surface area contributed by atoms with Crippen molar-refractivity contribution in [3.63, 3.8) is 0 Å². The first-order valence-electron chi connectivity index (χ1n) is 7.70. The maximum Gasteiger partial charge on any atom is 0.257 e. The van der Waals surface area contributed by atoms with Gasteiger partial charge in [-0.3, -0.25) is 9.48 Å². The number of hydrogen-bond acceptors (Lipinski definition) is 3. The van der Waals surface area contributed by atoms with Crippen molar-refractivity contribution in [1.29, 1.82) is 0 Å². The van der Waals surface area contributed by atoms with Gasteiger partial charge in [-0.25, -0.2) is 0 Å². The molecule has 0 spiro atoms. The first-order chi connectivity index (χ1) is 9.65. The summed E-state index contributed by atoms with van der Waals surface area (Å²) in [4.78, 5) is 14.5. The van der Waals surface area contributed by atoms with Crippen LogP contribution in [0, 0.1) is 0 Å². The first-order valence-corrected chi connectivity index (χ1v) is 7.70. The van der Waals surface area contributed by atoms with Crippen molar-refractivity contribution < 1.29 is 4.79 Å². The summed E-state index contributed by atoms with van der Waals surface area (Å²) in [5.74, 6) is 0.142. The van der Waals surface area contributed by atoms with Crippen molar-refractivity contribution in [2.45, 2.75) is 45.6 Å². The average molecular weight is 278 g/mol. The zero-order valence-electron chi connectivity index (χ0n) is 12.9. The van der Waals surface area contributed by atoms with Crippen LogP contribution in [-0.2, 0) is 13.5 Å². The summed E-state index contributed by atoms with van der Waals surface area (Å²) in [5.41, 5.74) is 1.68. The Morgan fingerprint density at radius 2 is 2.10 bits per heavy atom. The molecule has 0 unspecified atom stereocenters. The smallest absolute Gasteiger partial charge is 0.257 e. The zero-order valence-corrected chi connectivity index (χ0v) is 12.9. The lowest BCUT2D eigenvalue weighted by Crippen LogP contribution is -2.45. The summed E-state index contributed by atoms with van der Waals surface area (Å²) in [6.45, 7) is 6.98. The van der Waals surface area contributed by atoms with Crippen molar-refractivity contribution in [3.8, 4) is 0 Å². The molecule has 2 heterocycles. The SMILES string of the molecule is CCCNC1CCN(C(=O)c2cn(C)nc2CC)CC1. The lowest BCUT2D eigenvalue weighted by molar-refractivity contribution is 0.0704. The minimum absolute atomic E-state index is 0.142. The Labute approximate surface area is 121 Å². The molecule has 1 saturated heterocycles. The maximum absolute atomic E-state index is 12.6. The lowest BCUT2D eigenvalue weighted by atomic mass is 10.0. The van der Waals surface area contributed by atoms with Crippen LogP contribution in [-0.4, -0.2) is 46.3 Å². The second-order valence-electron chi connectivity index (χ2n) is 5.54. The van der Waals surface area contributed by atoms with Crippen LogP contribution in [0.1, 0.15) is 49.2 Å². The van der Waals surface area contributed by atoms with Gasteiger partial charge >= 0.3 is 0 Å². The third-order valence-electron chi connectivity index (χ3n) is 3.94. The topological polar surface area (TPSA) is 50.2 Å². The van der Waals surface area contributed by atoms with Crippen LogP contribution in [0.25, 0.3) is 0 Å². The van der Waals surface area contributed by atoms with E-state index in [-0.39, 0.29) is 5.91 Å². The molecule has 5 nitrogen and oxygen atoms in total. The van der Waals surface area contributed by atoms with Crippen LogP contribution in [0.2, 0.25) is 0 Å². The van der Waals surface area contributed by atoms with Crippen LogP contribution in [0.4, 0.5) is 0 Å². The molecule has 1 amide bonds. The molecule has 0 radical (unpaired) electrons. The number of aromatic nitrogens is 2. The standard InChI is InChI=1S/C15H26N4O/c1-4-8-16-12-6-9-19(10-7-12)15(20)13-11-18(3)17-14(13)5-2/h11-12,16H,4-10H2,1-3H3. The molecule has 1 aromatic heterocycles. The second-order valence-corrected chi connectivity index (χ2v) is 5.54. The van der Waals surface area contributed by atoms with Gasteiger partial charge in [0.05, 0.1) is 11.3 Å². The van der Waals surface area contributed by atoms with Crippen molar-refractivity contribution in [1.82, 2.24) is 20.0 Å². The molecule has 0 aliphatic carbocycles. The van der Waals surface area contributed by atoms with Gasteiger partial charge in [0.1, 0.15) is 0 Å². The zero-order chi connectivity index (χ0) is 14.5. The van der Waals surface area contributed by atoms with Gasteiger partial charge in [0.2, 0.25) is 0 Å². The highest BCUT2D eigenvalue weighted by molar-refractivity contribution is 5.95. The number of rotatable bonds is 5. The van der Waals surface area contributed by atoms with Gasteiger partial charge < -0.3 is 10.2 Å². The highest BCUT2D eigenvalue weighted by Crippen LogP contribution is 2.16. The fourth-order valence-corrected chi connectivity index (χ4v) is 2.78. The molecular weight excluding hydrogens is 252 g/mol. The van der Waals surface area contributed by atoms with E-state index in [0.29, 0.717) is 6.04 Å². The van der Waals surface area contributed by atoms with E-state index in [9.17, 15) is 4.79 Å². The highest BCUT2D eigenvalue weighted by atomic mass is 16.2.